The van der Waals surface area contributed by atoms with Gasteiger partial charge in [0.1, 0.15) is 0 Å². The van der Waals surface area contributed by atoms with Crippen LogP contribution in [-0.2, 0) is 1250 Å². The fourth-order valence-corrected chi connectivity index (χ4v) is 0. The Morgan fingerprint density at radius 1 is 0.0300 bits per heavy atom. The molecule has 827 valence electrons. The Kier molecular flexibility index (Phi) is 9310. The van der Waals surface area contributed by atoms with Crippen LogP contribution >= 0.6 is 0 Å². The third kappa shape index (κ3) is 940. The topological polar surface area (TPSA) is 0 Å². The molecule has 0 saturated carbocycles. The molecule has 0 aliphatic heterocycles. The third-order valence-electron chi connectivity index (χ3n) is 0. The van der Waals surface area contributed by atoms with Gasteiger partial charge in [0.25, 0.3) is 0 Å². The molecule has 0 fully saturated rings. The first kappa shape index (κ1) is 974. The van der Waals surface area contributed by atoms with E-state index in [4.69, 9.17) is 0 Å². The van der Waals surface area contributed by atoms with Gasteiger partial charge in [-0.1, -0.05) is 0 Å². The van der Waals surface area contributed by atoms with Gasteiger partial charge in [0.2, 0.25) is 0 Å². The predicted octanol–water partition coefficient (Wildman–Crippen LogP) is -15.0. The Labute approximate surface area is 2120 Å². The number of hydrogen-bond acceptors (Lipinski definition) is 0. The van der Waals surface area contributed by atoms with Crippen LogP contribution in [0.5, 0.6) is 0 Å². The predicted molar refractivity (Wildman–Crippen MR) is 224 cm³/mol. The van der Waals surface area contributed by atoms with Crippen molar-refractivity contribution >= 4 is 932 Å². The van der Waals surface area contributed by atoms with Gasteiger partial charge in [-0.05, 0) is 0 Å². The van der Waals surface area contributed by atoms with E-state index in [1.807, 2.05) is 0 Å². The summed E-state index contributed by atoms with van der Waals surface area (Å²) in [5.74, 6) is 0. The van der Waals surface area contributed by atoms with E-state index < -0.39 is 0 Å². The van der Waals surface area contributed by atoms with Gasteiger partial charge < -0.3 is 0 Å². The van der Waals surface area contributed by atoms with Crippen LogP contribution in [0.2, 0.25) is 0 Å². The smallest absolute Gasteiger partial charge is 0 e. The Morgan fingerprint density at radius 3 is 0.0300 bits per heavy atom. The van der Waals surface area contributed by atoms with E-state index in [9.17, 15) is 0 Å². The minimum atomic E-state index is 0. The van der Waals surface area contributed by atoms with E-state index in [-0.39, 0.29) is 2190 Å². The summed E-state index contributed by atoms with van der Waals surface area (Å²) < 4.78 is 0. The molecule has 217 radical (unpaired) electrons. The van der Waals surface area contributed by atoms with Gasteiger partial charge in [-0.25, -0.2) is 0 Å². The van der Waals surface area contributed by atoms with Crippen LogP contribution in [0.4, 0.5) is 0 Å². The molecule has 0 atom stereocenters. The van der Waals surface area contributed by atoms with Gasteiger partial charge in [0.05, 0.1) is 0 Å². The van der Waals surface area contributed by atoms with E-state index in [0.717, 1.165) is 0 Å². The van der Waals surface area contributed by atoms with Crippen molar-refractivity contribution in [2.75, 3.05) is 0 Å². The maximum Gasteiger partial charge on any atom is 0 e. The summed E-state index contributed by atoms with van der Waals surface area (Å²) in [6.45, 7) is 0. The minimum absolute atomic E-state index is 0. The van der Waals surface area contributed by atoms with Crippen LogP contribution in [0.25, 0.3) is 0 Å². The molecule has 0 heterocycles. The van der Waals surface area contributed by atoms with Crippen molar-refractivity contribution in [3.63, 3.8) is 0 Å². The van der Waals surface area contributed by atoms with Crippen molar-refractivity contribution in [3.8, 4) is 0 Å². The van der Waals surface area contributed by atoms with Gasteiger partial charge >= 0.3 is 0 Å². The standard InChI is InChI=1S/40Ag.21Cu.39Sn. The van der Waals surface area contributed by atoms with Crippen LogP contribution in [0, 0.1) is 0 Å². The summed E-state index contributed by atoms with van der Waals surface area (Å²) in [7, 11) is 0. The van der Waals surface area contributed by atoms with Crippen LogP contribution in [0.15, 0.2) is 0 Å². The molecule has 0 rings (SSSR count). The average Bonchev–Trinajstić information content (AvgIpc) is 0. The van der Waals surface area contributed by atoms with Crippen LogP contribution in [0.3, 0.4) is 0 Å². The second-order valence-corrected chi connectivity index (χ2v) is 0. The monoisotopic (exact) mass is 10300 g/mol. The molecule has 0 bridgehead atoms. The summed E-state index contributed by atoms with van der Waals surface area (Å²) in [6.07, 6.45) is 0. The van der Waals surface area contributed by atoms with E-state index in [1.54, 1.807) is 0 Å². The molecule has 0 aromatic rings. The Morgan fingerprint density at radius 2 is 0.0300 bits per heavy atom. The molecule has 0 amide bonds. The van der Waals surface area contributed by atoms with E-state index in [1.165, 1.54) is 0 Å². The normalized spacial score (nSPS) is 0. The molecule has 0 N–H and O–H groups in total. The SMILES string of the molecule is [Ag].[Ag].[Ag].[Ag].[Ag].[Ag].[Ag].[Ag].[Ag].[Ag].[Ag].[Ag].[Ag].[Ag].[Ag].[Ag].[Ag].[Ag].[Ag].[Ag].[Ag].[Ag].[Ag].[Ag].[Ag].[Ag].[Ag].[Ag].[Ag].[Ag].[Ag].[Ag].[Ag].[Ag].[Ag].[Ag].[Ag].[Ag].[Ag].[Ag].[Cu].[Cu].[Cu].[Cu].[Cu].[Cu].[Cu].[Cu].[Cu].[Cu].[Cu].[Cu].[Cu].[Cu].[Cu].[Cu].[Cu].[Cu].[Cu].[Cu].[Cu].[Sn].[Sn].[Sn].[Sn].[Sn].[Sn].[Sn].[Sn].[Sn].[Sn].[Sn].[Sn].[Sn].[Sn].[Sn].[Sn].[Sn].[Sn].[Sn].[Sn].[Sn].[Sn].[Sn].[Sn].[Sn].[Sn].[Sn].[Sn].[Sn].[Sn].[Sn].[Sn].[Sn].[Sn].[Sn].[Sn].[Sn].[Sn].[Sn]. The van der Waals surface area contributed by atoms with Crippen molar-refractivity contribution in [2.45, 2.75) is 0 Å². The van der Waals surface area contributed by atoms with Gasteiger partial charge in [-0.15, -0.1) is 0 Å². The minimum Gasteiger partial charge on any atom is 0 e. The van der Waals surface area contributed by atoms with Crippen molar-refractivity contribution in [3.05, 3.63) is 0 Å². The first-order valence-corrected chi connectivity index (χ1v) is 0. The first-order chi connectivity index (χ1) is 0. The summed E-state index contributed by atoms with van der Waals surface area (Å²) in [5.41, 5.74) is 0. The van der Waals surface area contributed by atoms with Crippen molar-refractivity contribution in [2.24, 2.45) is 0 Å². The molecule has 0 aromatic heterocycles. The molecule has 0 aliphatic carbocycles. The number of rotatable bonds is 0. The number of hydrogen-bond donors (Lipinski definition) is 0. The third-order valence-corrected chi connectivity index (χ3v) is 0. The molecular weight excluding hydrogens is 10300 g/mol. The van der Waals surface area contributed by atoms with E-state index in [2.05, 4.69) is 0 Å². The molecule has 0 unspecified atom stereocenters. The van der Waals surface area contributed by atoms with E-state index in [0.29, 0.717) is 0 Å². The molecule has 0 saturated heterocycles. The Hall–Kier alpha value is 71.7. The molecular formula is Ag40Cu21Sn39. The van der Waals surface area contributed by atoms with Crippen molar-refractivity contribution in [1.82, 2.24) is 0 Å². The summed E-state index contributed by atoms with van der Waals surface area (Å²) in [5, 5.41) is 0. The molecule has 0 nitrogen and oxygen atoms in total. The Balaban J connectivity index is 0. The van der Waals surface area contributed by atoms with Crippen LogP contribution in [-0.4, -0.2) is 932 Å². The average molecular weight is 10300 g/mol. The maximum atomic E-state index is 0. The van der Waals surface area contributed by atoms with Gasteiger partial charge in [0, 0.05) is 2190 Å². The van der Waals surface area contributed by atoms with Gasteiger partial charge in [0.15, 0.2) is 0 Å². The molecule has 0 aromatic carbocycles. The van der Waals surface area contributed by atoms with Crippen molar-refractivity contribution in [1.29, 1.82) is 0 Å². The van der Waals surface area contributed by atoms with Crippen LogP contribution in [0.1, 0.15) is 0 Å². The fraction of sp³-hybridized carbons (Fsp3) is 0. The summed E-state index contributed by atoms with van der Waals surface area (Å²) in [6, 6.07) is 0. The van der Waals surface area contributed by atoms with Crippen LogP contribution < -0.4 is 0 Å². The largest absolute Gasteiger partial charge is 0 e. The Bertz CT molecular complexity index is 153. The van der Waals surface area contributed by atoms with E-state index >= 15 is 0 Å². The second-order valence-electron chi connectivity index (χ2n) is 0. The quantitative estimate of drug-likeness (QED) is 0.212. The molecule has 100 heteroatoms. The zero-order valence-corrected chi connectivity index (χ0v) is 228. The molecule has 0 spiro atoms. The molecule has 0 aliphatic rings. The van der Waals surface area contributed by atoms with Gasteiger partial charge in [-0.2, -0.15) is 0 Å². The molecule has 100 heavy (non-hydrogen) atoms. The summed E-state index contributed by atoms with van der Waals surface area (Å²) in [4.78, 5) is 0. The van der Waals surface area contributed by atoms with Crippen molar-refractivity contribution < 1.29 is 1250 Å². The summed E-state index contributed by atoms with van der Waals surface area (Å²) >= 11 is 0. The zero-order chi connectivity index (χ0) is 0. The van der Waals surface area contributed by atoms with Gasteiger partial charge in [-0.3, -0.25) is 0 Å². The zero-order valence-electron chi connectivity index (χ0n) is 37.9. The second kappa shape index (κ2) is 957. The fourth-order valence-electron chi connectivity index (χ4n) is 0. The first-order valence-electron chi connectivity index (χ1n) is 0. The maximum absolute atomic E-state index is 0.